The number of ether oxygens (including phenoxy) is 4. The van der Waals surface area contributed by atoms with Gasteiger partial charge in [0, 0.05) is 13.0 Å². The van der Waals surface area contributed by atoms with Gasteiger partial charge < -0.3 is 39.4 Å². The van der Waals surface area contributed by atoms with E-state index in [-0.39, 0.29) is 25.6 Å². The number of carbonyl (C=O) groups is 1. The highest BCUT2D eigenvalue weighted by molar-refractivity contribution is 5.69. The van der Waals surface area contributed by atoms with Gasteiger partial charge >= 0.3 is 5.97 Å². The summed E-state index contributed by atoms with van der Waals surface area (Å²) in [6.07, 6.45) is 29.9. The Morgan fingerprint density at radius 3 is 1.84 bits per heavy atom. The maximum Gasteiger partial charge on any atom is 0.306 e. The first-order chi connectivity index (χ1) is 23.9. The van der Waals surface area contributed by atoms with Gasteiger partial charge in [-0.15, -0.1) is 0 Å². The number of aliphatic hydroxyl groups is 4. The number of unbranched alkanes of at least 4 members (excludes halogenated alkanes) is 12. The fraction of sp³-hybridized carbons (Fsp3) is 0.775. The molecule has 1 rings (SSSR count). The minimum absolute atomic E-state index is 0.128. The van der Waals surface area contributed by atoms with Crippen LogP contribution in [-0.4, -0.2) is 89.6 Å². The van der Waals surface area contributed by atoms with Gasteiger partial charge in [-0.05, 0) is 51.4 Å². The van der Waals surface area contributed by atoms with Gasteiger partial charge in [0.15, 0.2) is 6.29 Å². The lowest BCUT2D eigenvalue weighted by Crippen LogP contribution is -2.59. The molecule has 1 fully saturated rings. The van der Waals surface area contributed by atoms with Crippen LogP contribution in [0.4, 0.5) is 0 Å². The number of allylic oxidation sites excluding steroid dienone is 8. The minimum Gasteiger partial charge on any atom is -0.457 e. The third-order valence-corrected chi connectivity index (χ3v) is 8.51. The van der Waals surface area contributed by atoms with Crippen LogP contribution in [0.5, 0.6) is 0 Å². The van der Waals surface area contributed by atoms with Crippen LogP contribution in [0.25, 0.3) is 0 Å². The van der Waals surface area contributed by atoms with Gasteiger partial charge in [-0.1, -0.05) is 127 Å². The van der Waals surface area contributed by atoms with Crippen molar-refractivity contribution in [2.75, 3.05) is 26.4 Å². The molecule has 4 N–H and O–H groups in total. The number of hydrogen-bond donors (Lipinski definition) is 4. The maximum absolute atomic E-state index is 12.7. The van der Waals surface area contributed by atoms with E-state index in [0.29, 0.717) is 13.0 Å². The monoisotopic (exact) mass is 695 g/mol. The van der Waals surface area contributed by atoms with Crippen LogP contribution in [0.1, 0.15) is 136 Å². The lowest BCUT2D eigenvalue weighted by molar-refractivity contribution is -0.305. The van der Waals surface area contributed by atoms with Crippen molar-refractivity contribution in [2.24, 2.45) is 0 Å². The highest BCUT2D eigenvalue weighted by Gasteiger charge is 2.44. The summed E-state index contributed by atoms with van der Waals surface area (Å²) >= 11 is 0. The molecule has 9 nitrogen and oxygen atoms in total. The standard InChI is InChI=1S/C40H70O9/c1-3-5-7-9-11-13-15-16-17-18-19-21-23-25-27-29-36(42)48-34(33-47-40-39(45)38(44)37(43)35(31-41)49-40)32-46-30-28-26-24-22-20-14-12-10-8-6-4-2/h5,7,11,13,16-17,19,21,34-35,37-41,43-45H,3-4,6,8-10,12,14-15,18,20,22-33H2,1-2H3/b7-5-,13-11-,17-16-,21-19-. The van der Waals surface area contributed by atoms with Crippen LogP contribution in [0.3, 0.4) is 0 Å². The van der Waals surface area contributed by atoms with Crippen LogP contribution in [0, 0.1) is 0 Å². The molecule has 6 atom stereocenters. The molecule has 0 bridgehead atoms. The fourth-order valence-corrected chi connectivity index (χ4v) is 5.48. The Kier molecular flexibility index (Phi) is 29.6. The third-order valence-electron chi connectivity index (χ3n) is 8.51. The van der Waals surface area contributed by atoms with E-state index in [1.807, 2.05) is 0 Å². The highest BCUT2D eigenvalue weighted by Crippen LogP contribution is 2.22. The number of hydrogen-bond acceptors (Lipinski definition) is 9. The Balaban J connectivity index is 2.37. The molecule has 0 amide bonds. The van der Waals surface area contributed by atoms with E-state index in [9.17, 15) is 25.2 Å². The van der Waals surface area contributed by atoms with Crippen molar-refractivity contribution in [1.29, 1.82) is 0 Å². The van der Waals surface area contributed by atoms with Crippen LogP contribution in [-0.2, 0) is 23.7 Å². The van der Waals surface area contributed by atoms with Crippen LogP contribution in [0.2, 0.25) is 0 Å². The summed E-state index contributed by atoms with van der Waals surface area (Å²) in [5.74, 6) is -0.356. The Bertz CT molecular complexity index is 885. The molecule has 1 heterocycles. The molecule has 284 valence electrons. The molecule has 0 radical (unpaired) electrons. The molecular weight excluding hydrogens is 624 g/mol. The molecule has 0 spiro atoms. The van der Waals surface area contributed by atoms with Crippen molar-refractivity contribution in [1.82, 2.24) is 0 Å². The van der Waals surface area contributed by atoms with Crippen LogP contribution >= 0.6 is 0 Å². The summed E-state index contributed by atoms with van der Waals surface area (Å²) in [6, 6.07) is 0. The van der Waals surface area contributed by atoms with E-state index >= 15 is 0 Å². The average molecular weight is 695 g/mol. The van der Waals surface area contributed by atoms with Crippen LogP contribution in [0.15, 0.2) is 48.6 Å². The van der Waals surface area contributed by atoms with Gasteiger partial charge in [-0.3, -0.25) is 4.79 Å². The molecule has 1 saturated heterocycles. The summed E-state index contributed by atoms with van der Waals surface area (Å²) in [4.78, 5) is 12.7. The molecule has 0 saturated carbocycles. The molecule has 1 aliphatic rings. The van der Waals surface area contributed by atoms with E-state index in [1.54, 1.807) is 0 Å². The second kappa shape index (κ2) is 32.1. The normalized spacial score (nSPS) is 22.3. The summed E-state index contributed by atoms with van der Waals surface area (Å²) in [5, 5.41) is 39.9. The number of carbonyl (C=O) groups excluding carboxylic acids is 1. The molecule has 0 aromatic heterocycles. The lowest BCUT2D eigenvalue weighted by atomic mass is 9.99. The molecular formula is C40H70O9. The quantitative estimate of drug-likeness (QED) is 0.0333. The number of esters is 1. The Hall–Kier alpha value is -1.85. The SMILES string of the molecule is CC/C=C\C/C=C\C/C=C\C/C=C\CCCCC(=O)OC(COCCCCCCCCCCCCC)COC1OC(CO)C(O)C(O)C1O. The number of aliphatic hydroxyl groups excluding tert-OH is 4. The van der Waals surface area contributed by atoms with Gasteiger partial charge in [0.1, 0.15) is 30.5 Å². The van der Waals surface area contributed by atoms with Gasteiger partial charge in [0.05, 0.1) is 19.8 Å². The summed E-state index contributed by atoms with van der Waals surface area (Å²) in [6.45, 7) is 4.37. The predicted octanol–water partition coefficient (Wildman–Crippen LogP) is 7.41. The van der Waals surface area contributed by atoms with Gasteiger partial charge in [0.25, 0.3) is 0 Å². The second-order valence-electron chi connectivity index (χ2n) is 13.0. The molecule has 0 aliphatic carbocycles. The van der Waals surface area contributed by atoms with Crippen molar-refractivity contribution in [3.8, 4) is 0 Å². The first kappa shape index (κ1) is 45.2. The first-order valence-electron chi connectivity index (χ1n) is 19.2. The van der Waals surface area contributed by atoms with E-state index < -0.39 is 43.4 Å². The number of rotatable bonds is 31. The zero-order valence-corrected chi connectivity index (χ0v) is 30.7. The minimum atomic E-state index is -1.54. The van der Waals surface area contributed by atoms with Crippen LogP contribution < -0.4 is 0 Å². The smallest absolute Gasteiger partial charge is 0.306 e. The molecule has 49 heavy (non-hydrogen) atoms. The summed E-state index contributed by atoms with van der Waals surface area (Å²) in [5.41, 5.74) is 0. The summed E-state index contributed by atoms with van der Waals surface area (Å²) in [7, 11) is 0. The van der Waals surface area contributed by atoms with E-state index in [4.69, 9.17) is 18.9 Å². The lowest BCUT2D eigenvalue weighted by Gasteiger charge is -2.39. The highest BCUT2D eigenvalue weighted by atomic mass is 16.7. The van der Waals surface area contributed by atoms with E-state index in [2.05, 4.69) is 62.5 Å². The fourth-order valence-electron chi connectivity index (χ4n) is 5.48. The topological polar surface area (TPSA) is 135 Å². The van der Waals surface area contributed by atoms with Crippen molar-refractivity contribution in [3.63, 3.8) is 0 Å². The van der Waals surface area contributed by atoms with Crippen molar-refractivity contribution >= 4 is 5.97 Å². The van der Waals surface area contributed by atoms with Crippen molar-refractivity contribution in [2.45, 2.75) is 173 Å². The zero-order valence-electron chi connectivity index (χ0n) is 30.7. The van der Waals surface area contributed by atoms with Crippen molar-refractivity contribution < 1.29 is 44.2 Å². The molecule has 6 unspecified atom stereocenters. The van der Waals surface area contributed by atoms with Crippen molar-refractivity contribution in [3.05, 3.63) is 48.6 Å². The maximum atomic E-state index is 12.7. The molecule has 9 heteroatoms. The molecule has 0 aromatic rings. The Morgan fingerprint density at radius 1 is 0.673 bits per heavy atom. The Labute approximate surface area is 297 Å². The molecule has 0 aromatic carbocycles. The second-order valence-corrected chi connectivity index (χ2v) is 13.0. The largest absolute Gasteiger partial charge is 0.457 e. The van der Waals surface area contributed by atoms with E-state index in [0.717, 1.165) is 51.4 Å². The first-order valence-corrected chi connectivity index (χ1v) is 19.2. The van der Waals surface area contributed by atoms with E-state index in [1.165, 1.54) is 57.8 Å². The zero-order chi connectivity index (χ0) is 35.8. The predicted molar refractivity (Wildman–Crippen MR) is 196 cm³/mol. The van der Waals surface area contributed by atoms with Gasteiger partial charge in [-0.2, -0.15) is 0 Å². The third kappa shape index (κ3) is 24.1. The molecule has 1 aliphatic heterocycles. The summed E-state index contributed by atoms with van der Waals surface area (Å²) < 4.78 is 22.6. The Morgan fingerprint density at radius 2 is 1.24 bits per heavy atom. The van der Waals surface area contributed by atoms with Gasteiger partial charge in [-0.25, -0.2) is 0 Å². The van der Waals surface area contributed by atoms with Gasteiger partial charge in [0.2, 0.25) is 0 Å². The average Bonchev–Trinajstić information content (AvgIpc) is 3.10.